The molecule has 0 bridgehead atoms. The number of nitrogens with zero attached hydrogens (tertiary/aromatic N) is 5. The maximum Gasteiger partial charge on any atom is 0.238 e. The fraction of sp³-hybridized carbons (Fsp3) is 0.522. The number of imidazole rings is 1. The van der Waals surface area contributed by atoms with Crippen LogP contribution in [-0.2, 0) is 11.3 Å². The van der Waals surface area contributed by atoms with E-state index in [1.54, 1.807) is 0 Å². The van der Waals surface area contributed by atoms with Crippen molar-refractivity contribution in [3.05, 3.63) is 48.5 Å². The van der Waals surface area contributed by atoms with E-state index in [9.17, 15) is 4.79 Å². The van der Waals surface area contributed by atoms with Gasteiger partial charge in [0.05, 0.1) is 25.5 Å². The number of aliphatic imine (C=N–C) groups is 1. The molecule has 0 spiro atoms. The van der Waals surface area contributed by atoms with E-state index in [1.807, 2.05) is 62.0 Å². The number of piperidine rings is 1. The molecule has 8 nitrogen and oxygen atoms in total. The Bertz CT molecular complexity index is 863. The van der Waals surface area contributed by atoms with E-state index in [-0.39, 0.29) is 5.91 Å². The van der Waals surface area contributed by atoms with Gasteiger partial charge in [-0.2, -0.15) is 0 Å². The van der Waals surface area contributed by atoms with Gasteiger partial charge in [0.15, 0.2) is 5.96 Å². The van der Waals surface area contributed by atoms with Crippen LogP contribution in [0.15, 0.2) is 48.0 Å². The Kier molecular flexibility index (Phi) is 8.06. The lowest BCUT2D eigenvalue weighted by Gasteiger charge is -2.39. The summed E-state index contributed by atoms with van der Waals surface area (Å²) in [6.45, 7) is 8.03. The van der Waals surface area contributed by atoms with Gasteiger partial charge < -0.3 is 25.0 Å². The van der Waals surface area contributed by atoms with Crippen LogP contribution in [0, 0.1) is 5.92 Å². The predicted octanol–water partition coefficient (Wildman–Crippen LogP) is 2.43. The Balaban J connectivity index is 1.68. The Hall–Kier alpha value is -2.87. The smallest absolute Gasteiger partial charge is 0.238 e. The van der Waals surface area contributed by atoms with Gasteiger partial charge in [-0.05, 0) is 51.1 Å². The van der Waals surface area contributed by atoms with E-state index >= 15 is 0 Å². The standard InChI is InChI=1S/C23H35N7O/c1-5-25-23(29-11-9-18(2)21(15-29)30-12-10-24-17-30)26-14-19-7-6-8-20(13-19)27-22(31)16-28(3)4/h6-8,10,12-13,17-18,21H,5,9,11,14-16H2,1-4H3,(H,25,26)(H,27,31). The molecule has 0 saturated carbocycles. The average Bonchev–Trinajstić information content (AvgIpc) is 3.26. The Morgan fingerprint density at radius 1 is 1.35 bits per heavy atom. The molecule has 1 aliphatic rings. The summed E-state index contributed by atoms with van der Waals surface area (Å²) >= 11 is 0. The van der Waals surface area contributed by atoms with Crippen LogP contribution in [-0.4, -0.2) is 71.5 Å². The molecule has 2 heterocycles. The predicted molar refractivity (Wildman–Crippen MR) is 125 cm³/mol. The second-order valence-electron chi connectivity index (χ2n) is 8.45. The zero-order valence-corrected chi connectivity index (χ0v) is 19.1. The Morgan fingerprint density at radius 2 is 2.19 bits per heavy atom. The number of likely N-dealkylation sites (N-methyl/N-ethyl adjacent to an activating group) is 1. The number of hydrogen-bond donors (Lipinski definition) is 2. The first kappa shape index (κ1) is 22.8. The van der Waals surface area contributed by atoms with Crippen LogP contribution in [0.4, 0.5) is 5.69 Å². The van der Waals surface area contributed by atoms with Crippen molar-refractivity contribution >= 4 is 17.6 Å². The van der Waals surface area contributed by atoms with Crippen LogP contribution in [0.3, 0.4) is 0 Å². The largest absolute Gasteiger partial charge is 0.357 e. The van der Waals surface area contributed by atoms with Gasteiger partial charge in [-0.1, -0.05) is 19.1 Å². The number of likely N-dealkylation sites (tertiary alicyclic amines) is 1. The summed E-state index contributed by atoms with van der Waals surface area (Å²) in [5.41, 5.74) is 1.87. The molecule has 1 aromatic heterocycles. The number of nitrogens with one attached hydrogen (secondary N) is 2. The van der Waals surface area contributed by atoms with Crippen LogP contribution in [0.2, 0.25) is 0 Å². The minimum Gasteiger partial charge on any atom is -0.357 e. The Labute approximate surface area is 185 Å². The highest BCUT2D eigenvalue weighted by molar-refractivity contribution is 5.92. The van der Waals surface area contributed by atoms with E-state index in [0.29, 0.717) is 25.0 Å². The molecular formula is C23H35N7O. The maximum absolute atomic E-state index is 12.0. The highest BCUT2D eigenvalue weighted by Gasteiger charge is 2.28. The van der Waals surface area contributed by atoms with Gasteiger partial charge in [0.25, 0.3) is 0 Å². The first-order valence-corrected chi connectivity index (χ1v) is 11.0. The fourth-order valence-electron chi connectivity index (χ4n) is 3.92. The topological polar surface area (TPSA) is 77.8 Å². The summed E-state index contributed by atoms with van der Waals surface area (Å²) < 4.78 is 2.21. The summed E-state index contributed by atoms with van der Waals surface area (Å²) in [5.74, 6) is 1.50. The summed E-state index contributed by atoms with van der Waals surface area (Å²) in [4.78, 5) is 25.4. The maximum atomic E-state index is 12.0. The molecule has 0 aliphatic carbocycles. The lowest BCUT2D eigenvalue weighted by molar-refractivity contribution is -0.116. The van der Waals surface area contributed by atoms with Crippen molar-refractivity contribution < 1.29 is 4.79 Å². The number of carbonyl (C=O) groups excluding carboxylic acids is 1. The molecule has 8 heteroatoms. The first-order chi connectivity index (χ1) is 15.0. The highest BCUT2D eigenvalue weighted by Crippen LogP contribution is 2.27. The monoisotopic (exact) mass is 425 g/mol. The van der Waals surface area contributed by atoms with Crippen molar-refractivity contribution in [3.8, 4) is 0 Å². The number of anilines is 1. The number of guanidine groups is 1. The third-order valence-electron chi connectivity index (χ3n) is 5.54. The summed E-state index contributed by atoms with van der Waals surface area (Å²) in [6, 6.07) is 8.29. The molecule has 2 aromatic rings. The molecule has 168 valence electrons. The van der Waals surface area contributed by atoms with Crippen molar-refractivity contribution in [3.63, 3.8) is 0 Å². The zero-order valence-electron chi connectivity index (χ0n) is 19.1. The van der Waals surface area contributed by atoms with Gasteiger partial charge in [0.1, 0.15) is 0 Å². The number of benzene rings is 1. The fourth-order valence-corrected chi connectivity index (χ4v) is 3.92. The molecule has 2 unspecified atom stereocenters. The molecule has 1 aliphatic heterocycles. The molecule has 2 atom stereocenters. The molecule has 1 aromatic carbocycles. The number of rotatable bonds is 7. The second-order valence-corrected chi connectivity index (χ2v) is 8.45. The summed E-state index contributed by atoms with van der Waals surface area (Å²) in [6.07, 6.45) is 6.91. The quantitative estimate of drug-likeness (QED) is 0.526. The number of hydrogen-bond acceptors (Lipinski definition) is 4. The Morgan fingerprint density at radius 3 is 2.90 bits per heavy atom. The van der Waals surface area contributed by atoms with Crippen molar-refractivity contribution in [2.24, 2.45) is 10.9 Å². The molecular weight excluding hydrogens is 390 g/mol. The number of amides is 1. The van der Waals surface area contributed by atoms with Crippen LogP contribution >= 0.6 is 0 Å². The van der Waals surface area contributed by atoms with Crippen LogP contribution in [0.25, 0.3) is 0 Å². The molecule has 31 heavy (non-hydrogen) atoms. The van der Waals surface area contributed by atoms with Gasteiger partial charge in [-0.3, -0.25) is 4.79 Å². The molecule has 3 rings (SSSR count). The van der Waals surface area contributed by atoms with E-state index in [0.717, 1.165) is 43.3 Å². The van der Waals surface area contributed by atoms with Crippen LogP contribution in [0.5, 0.6) is 0 Å². The number of carbonyl (C=O) groups is 1. The van der Waals surface area contributed by atoms with Gasteiger partial charge in [0.2, 0.25) is 5.91 Å². The minimum absolute atomic E-state index is 0.0213. The SMILES string of the molecule is CCNC(=NCc1cccc(NC(=O)CN(C)C)c1)N1CCC(C)C(n2ccnc2)C1. The zero-order chi connectivity index (χ0) is 22.2. The van der Waals surface area contributed by atoms with Crippen molar-refractivity contribution in [1.29, 1.82) is 0 Å². The highest BCUT2D eigenvalue weighted by atomic mass is 16.2. The van der Waals surface area contributed by atoms with Crippen molar-refractivity contribution in [1.82, 2.24) is 24.7 Å². The van der Waals surface area contributed by atoms with Crippen LogP contribution in [0.1, 0.15) is 31.9 Å². The average molecular weight is 426 g/mol. The third-order valence-corrected chi connectivity index (χ3v) is 5.54. The third kappa shape index (κ3) is 6.55. The summed E-state index contributed by atoms with van der Waals surface area (Å²) in [7, 11) is 3.76. The van der Waals surface area contributed by atoms with E-state index in [4.69, 9.17) is 4.99 Å². The normalized spacial score (nSPS) is 19.5. The molecule has 1 saturated heterocycles. The van der Waals surface area contributed by atoms with Gasteiger partial charge in [-0.25, -0.2) is 9.98 Å². The second kappa shape index (κ2) is 10.9. The van der Waals surface area contributed by atoms with E-state index in [1.165, 1.54) is 0 Å². The molecule has 1 fully saturated rings. The minimum atomic E-state index is -0.0213. The van der Waals surface area contributed by atoms with Gasteiger partial charge >= 0.3 is 0 Å². The summed E-state index contributed by atoms with van der Waals surface area (Å²) in [5, 5.41) is 6.40. The van der Waals surface area contributed by atoms with Gasteiger partial charge in [-0.15, -0.1) is 0 Å². The number of aromatic nitrogens is 2. The van der Waals surface area contributed by atoms with Gasteiger partial charge in [0, 0.05) is 37.7 Å². The molecule has 2 N–H and O–H groups in total. The molecule has 1 amide bonds. The van der Waals surface area contributed by atoms with Crippen molar-refractivity contribution in [2.45, 2.75) is 32.9 Å². The lowest BCUT2D eigenvalue weighted by atomic mass is 9.93. The molecule has 0 radical (unpaired) electrons. The first-order valence-electron chi connectivity index (χ1n) is 11.0. The lowest BCUT2D eigenvalue weighted by Crippen LogP contribution is -2.49. The van der Waals surface area contributed by atoms with E-state index in [2.05, 4.69) is 38.9 Å². The van der Waals surface area contributed by atoms with Crippen molar-refractivity contribution in [2.75, 3.05) is 45.6 Å². The van der Waals surface area contributed by atoms with E-state index < -0.39 is 0 Å². The van der Waals surface area contributed by atoms with Crippen LogP contribution < -0.4 is 10.6 Å².